The summed E-state index contributed by atoms with van der Waals surface area (Å²) in [6, 6.07) is 0.389. The van der Waals surface area contributed by atoms with E-state index < -0.39 is 0 Å². The first kappa shape index (κ1) is 13.1. The number of methoxy groups -OCH3 is 1. The van der Waals surface area contributed by atoms with E-state index in [1.807, 2.05) is 13.3 Å². The van der Waals surface area contributed by atoms with E-state index in [1.54, 1.807) is 6.33 Å². The normalized spacial score (nSPS) is 31.1. The molecule has 112 valence electrons. The molecule has 5 nitrogen and oxygen atoms in total. The Morgan fingerprint density at radius 1 is 1.33 bits per heavy atom. The quantitative estimate of drug-likeness (QED) is 0.907. The van der Waals surface area contributed by atoms with Gasteiger partial charge in [0.05, 0.1) is 17.5 Å². The van der Waals surface area contributed by atoms with Gasteiger partial charge in [0, 0.05) is 13.3 Å². The second kappa shape index (κ2) is 4.98. The molecule has 2 fully saturated rings. The maximum atomic E-state index is 5.72. The van der Waals surface area contributed by atoms with Crippen molar-refractivity contribution >= 4 is 16.9 Å². The van der Waals surface area contributed by atoms with Gasteiger partial charge in [-0.15, -0.1) is 0 Å². The van der Waals surface area contributed by atoms with E-state index in [-0.39, 0.29) is 0 Å². The van der Waals surface area contributed by atoms with Crippen molar-refractivity contribution in [3.63, 3.8) is 0 Å². The predicted octanol–water partition coefficient (Wildman–Crippen LogP) is 2.75. The molecule has 21 heavy (non-hydrogen) atoms. The van der Waals surface area contributed by atoms with Crippen LogP contribution in [0.5, 0.6) is 0 Å². The highest BCUT2D eigenvalue weighted by molar-refractivity contribution is 5.90. The number of nitrogens with zero attached hydrogens (tertiary/aromatic N) is 2. The summed E-state index contributed by atoms with van der Waals surface area (Å²) in [6.07, 6.45) is 8.93. The number of anilines is 1. The molecule has 0 aliphatic heterocycles. The van der Waals surface area contributed by atoms with Crippen LogP contribution in [-0.4, -0.2) is 34.2 Å². The topological polar surface area (TPSA) is 62.8 Å². The average molecular weight is 286 g/mol. The zero-order valence-electron chi connectivity index (χ0n) is 12.6. The third-order valence-corrected chi connectivity index (χ3v) is 5.37. The summed E-state index contributed by atoms with van der Waals surface area (Å²) in [5.41, 5.74) is 2.19. The molecule has 5 heteroatoms. The molecular formula is C16H22N4O. The standard InChI is InChI=1S/C16H22N4O/c1-3-9-7-17-15-12(9)16(19-8-18-15)20-13-10-5-4-6-11(10)14(13)21-2/h7-8,10-11,13-14H,3-6H2,1-2H3,(H2,17,18,19,20). The van der Waals surface area contributed by atoms with E-state index in [1.165, 1.54) is 24.8 Å². The highest BCUT2D eigenvalue weighted by Crippen LogP contribution is 2.49. The Hall–Kier alpha value is -1.62. The third-order valence-electron chi connectivity index (χ3n) is 5.37. The van der Waals surface area contributed by atoms with E-state index in [9.17, 15) is 0 Å². The summed E-state index contributed by atoms with van der Waals surface area (Å²) in [6.45, 7) is 2.16. The Balaban J connectivity index is 1.66. The SMILES string of the molecule is CCc1c[nH]c2ncnc(NC3C4CCCC4C3OC)c12. The molecule has 0 saturated heterocycles. The number of aromatic nitrogens is 3. The lowest BCUT2D eigenvalue weighted by Crippen LogP contribution is -2.58. The molecule has 2 heterocycles. The zero-order valence-corrected chi connectivity index (χ0v) is 12.6. The zero-order chi connectivity index (χ0) is 14.4. The van der Waals surface area contributed by atoms with Crippen molar-refractivity contribution < 1.29 is 4.74 Å². The van der Waals surface area contributed by atoms with Crippen LogP contribution in [0.25, 0.3) is 11.0 Å². The fraction of sp³-hybridized carbons (Fsp3) is 0.625. The first-order chi connectivity index (χ1) is 10.3. The number of hydrogen-bond acceptors (Lipinski definition) is 4. The summed E-state index contributed by atoms with van der Waals surface area (Å²) in [4.78, 5) is 12.1. The van der Waals surface area contributed by atoms with E-state index in [0.29, 0.717) is 12.1 Å². The lowest BCUT2D eigenvalue weighted by Gasteiger charge is -2.48. The van der Waals surface area contributed by atoms with Crippen molar-refractivity contribution in [2.75, 3.05) is 12.4 Å². The Labute approximate surface area is 124 Å². The third kappa shape index (κ3) is 1.87. The Bertz CT molecular complexity index is 653. The lowest BCUT2D eigenvalue weighted by molar-refractivity contribution is -0.0609. The van der Waals surface area contributed by atoms with Gasteiger partial charge in [-0.2, -0.15) is 0 Å². The molecule has 2 N–H and O–H groups in total. The second-order valence-corrected chi connectivity index (χ2v) is 6.24. The summed E-state index contributed by atoms with van der Waals surface area (Å²) < 4.78 is 5.72. The van der Waals surface area contributed by atoms with Crippen molar-refractivity contribution in [3.8, 4) is 0 Å². The minimum absolute atomic E-state index is 0.325. The summed E-state index contributed by atoms with van der Waals surface area (Å²) in [5, 5.41) is 4.79. The molecule has 2 aromatic heterocycles. The highest BCUT2D eigenvalue weighted by Gasteiger charge is 2.53. The summed E-state index contributed by atoms with van der Waals surface area (Å²) in [5.74, 6) is 2.43. The van der Waals surface area contributed by atoms with E-state index in [0.717, 1.165) is 35.1 Å². The van der Waals surface area contributed by atoms with Gasteiger partial charge in [0.15, 0.2) is 0 Å². The van der Waals surface area contributed by atoms with Crippen molar-refractivity contribution in [1.29, 1.82) is 0 Å². The molecule has 2 aliphatic carbocycles. The Morgan fingerprint density at radius 2 is 2.19 bits per heavy atom. The van der Waals surface area contributed by atoms with Gasteiger partial charge in [0.25, 0.3) is 0 Å². The molecule has 4 atom stereocenters. The number of nitrogens with one attached hydrogen (secondary N) is 2. The van der Waals surface area contributed by atoms with Gasteiger partial charge >= 0.3 is 0 Å². The first-order valence-electron chi connectivity index (χ1n) is 7.93. The van der Waals surface area contributed by atoms with Crippen molar-refractivity contribution in [3.05, 3.63) is 18.1 Å². The van der Waals surface area contributed by atoms with E-state index >= 15 is 0 Å². The monoisotopic (exact) mass is 286 g/mol. The molecule has 0 spiro atoms. The van der Waals surface area contributed by atoms with Gasteiger partial charge < -0.3 is 15.0 Å². The number of H-pyrrole nitrogens is 1. The van der Waals surface area contributed by atoms with Crippen LogP contribution < -0.4 is 5.32 Å². The molecule has 2 aliphatic rings. The van der Waals surface area contributed by atoms with Gasteiger partial charge in [0.1, 0.15) is 17.8 Å². The Morgan fingerprint density at radius 3 is 3.00 bits per heavy atom. The van der Waals surface area contributed by atoms with Crippen molar-refractivity contribution in [2.24, 2.45) is 11.8 Å². The minimum Gasteiger partial charge on any atom is -0.379 e. The Kier molecular flexibility index (Phi) is 3.10. The second-order valence-electron chi connectivity index (χ2n) is 6.24. The molecule has 4 unspecified atom stereocenters. The molecule has 0 amide bonds. The van der Waals surface area contributed by atoms with Gasteiger partial charge in [0.2, 0.25) is 0 Å². The molecule has 2 saturated carbocycles. The number of fused-ring (bicyclic) bond motifs is 2. The van der Waals surface area contributed by atoms with Gasteiger partial charge in [-0.05, 0) is 36.7 Å². The van der Waals surface area contributed by atoms with E-state index in [2.05, 4.69) is 27.2 Å². The van der Waals surface area contributed by atoms with Crippen molar-refractivity contribution in [1.82, 2.24) is 15.0 Å². The van der Waals surface area contributed by atoms with Crippen LogP contribution in [0.4, 0.5) is 5.82 Å². The van der Waals surface area contributed by atoms with Crippen molar-refractivity contribution in [2.45, 2.75) is 44.8 Å². The molecular weight excluding hydrogens is 264 g/mol. The molecule has 2 aromatic rings. The van der Waals surface area contributed by atoms with Crippen LogP contribution >= 0.6 is 0 Å². The fourth-order valence-electron chi connectivity index (χ4n) is 4.32. The predicted molar refractivity (Wildman–Crippen MR) is 82.3 cm³/mol. The van der Waals surface area contributed by atoms with Crippen LogP contribution in [0.15, 0.2) is 12.5 Å². The lowest BCUT2D eigenvalue weighted by atomic mass is 9.68. The average Bonchev–Trinajstić information content (AvgIpc) is 3.10. The maximum absolute atomic E-state index is 5.72. The van der Waals surface area contributed by atoms with Gasteiger partial charge in [-0.1, -0.05) is 13.3 Å². The molecule has 0 radical (unpaired) electrons. The highest BCUT2D eigenvalue weighted by atomic mass is 16.5. The minimum atomic E-state index is 0.325. The number of rotatable bonds is 4. The van der Waals surface area contributed by atoms with Gasteiger partial charge in [-0.25, -0.2) is 9.97 Å². The number of aromatic amines is 1. The molecule has 0 aromatic carbocycles. The first-order valence-corrected chi connectivity index (χ1v) is 7.93. The van der Waals surface area contributed by atoms with Crippen LogP contribution in [0.2, 0.25) is 0 Å². The van der Waals surface area contributed by atoms with E-state index in [4.69, 9.17) is 4.74 Å². The summed E-state index contributed by atoms with van der Waals surface area (Å²) >= 11 is 0. The fourth-order valence-corrected chi connectivity index (χ4v) is 4.32. The largest absolute Gasteiger partial charge is 0.379 e. The smallest absolute Gasteiger partial charge is 0.143 e. The maximum Gasteiger partial charge on any atom is 0.143 e. The molecule has 4 rings (SSSR count). The van der Waals surface area contributed by atoms with Crippen LogP contribution in [0.1, 0.15) is 31.7 Å². The van der Waals surface area contributed by atoms with Gasteiger partial charge in [-0.3, -0.25) is 0 Å². The number of aryl methyl sites for hydroxylation is 1. The van der Waals surface area contributed by atoms with Crippen LogP contribution in [-0.2, 0) is 11.2 Å². The number of hydrogen-bond donors (Lipinski definition) is 2. The van der Waals surface area contributed by atoms with Crippen LogP contribution in [0.3, 0.4) is 0 Å². The summed E-state index contributed by atoms with van der Waals surface area (Å²) in [7, 11) is 1.83. The molecule has 0 bridgehead atoms. The van der Waals surface area contributed by atoms with Crippen LogP contribution in [0, 0.1) is 11.8 Å². The number of ether oxygens (including phenoxy) is 1.